The minimum atomic E-state index is 0.612. The van der Waals surface area contributed by atoms with Gasteiger partial charge in [0.15, 0.2) is 0 Å². The molecule has 2 nitrogen and oxygen atoms in total. The van der Waals surface area contributed by atoms with Gasteiger partial charge >= 0.3 is 0 Å². The van der Waals surface area contributed by atoms with E-state index in [9.17, 15) is 0 Å². The number of nitrogens with two attached hydrogens (primary N) is 1. The van der Waals surface area contributed by atoms with Gasteiger partial charge in [0.1, 0.15) is 0 Å². The normalized spacial score (nSPS) is 17.9. The number of para-hydroxylation sites is 1. The monoisotopic (exact) mass is 266 g/mol. The van der Waals surface area contributed by atoms with E-state index >= 15 is 0 Å². The molecule has 3 rings (SSSR count). The van der Waals surface area contributed by atoms with Crippen molar-refractivity contribution in [2.75, 3.05) is 11.4 Å². The average Bonchev–Trinajstić information content (AvgIpc) is 2.47. The first-order chi connectivity index (χ1) is 9.78. The molecule has 2 aromatic rings. The van der Waals surface area contributed by atoms with Crippen molar-refractivity contribution < 1.29 is 0 Å². The Morgan fingerprint density at radius 1 is 1.05 bits per heavy atom. The Labute approximate surface area is 121 Å². The standard InChI is InChI=1S/C18H22N2/c1-14-10-15-6-4-5-9-18(15)20(12-14)13-17-8-3-2-7-16(17)11-19/h2-9,14H,10-13,19H2,1H3. The third kappa shape index (κ3) is 2.56. The fourth-order valence-electron chi connectivity index (χ4n) is 3.17. The third-order valence-corrected chi connectivity index (χ3v) is 4.13. The van der Waals surface area contributed by atoms with Gasteiger partial charge in [-0.25, -0.2) is 0 Å². The SMILES string of the molecule is CC1Cc2ccccc2N(Cc2ccccc2CN)C1. The zero-order valence-corrected chi connectivity index (χ0v) is 12.0. The van der Waals surface area contributed by atoms with Crippen molar-refractivity contribution in [1.82, 2.24) is 0 Å². The van der Waals surface area contributed by atoms with Crippen LogP contribution < -0.4 is 10.6 Å². The Morgan fingerprint density at radius 3 is 2.55 bits per heavy atom. The van der Waals surface area contributed by atoms with Gasteiger partial charge < -0.3 is 10.6 Å². The molecule has 0 bridgehead atoms. The predicted molar refractivity (Wildman–Crippen MR) is 84.7 cm³/mol. The predicted octanol–water partition coefficient (Wildman–Crippen LogP) is 3.34. The topological polar surface area (TPSA) is 29.3 Å². The molecule has 2 heteroatoms. The lowest BCUT2D eigenvalue weighted by Gasteiger charge is -2.35. The van der Waals surface area contributed by atoms with Crippen LogP contribution in [0.25, 0.3) is 0 Å². The van der Waals surface area contributed by atoms with E-state index in [-0.39, 0.29) is 0 Å². The van der Waals surface area contributed by atoms with Crippen LogP contribution in [0.1, 0.15) is 23.6 Å². The van der Waals surface area contributed by atoms with E-state index in [2.05, 4.69) is 60.4 Å². The van der Waals surface area contributed by atoms with Gasteiger partial charge in [-0.1, -0.05) is 49.4 Å². The van der Waals surface area contributed by atoms with Crippen molar-refractivity contribution in [1.29, 1.82) is 0 Å². The fourth-order valence-corrected chi connectivity index (χ4v) is 3.17. The van der Waals surface area contributed by atoms with Gasteiger partial charge in [-0.2, -0.15) is 0 Å². The van der Waals surface area contributed by atoms with Gasteiger partial charge in [0.25, 0.3) is 0 Å². The van der Waals surface area contributed by atoms with Crippen molar-refractivity contribution in [3.8, 4) is 0 Å². The molecule has 1 aliphatic rings. The molecule has 1 unspecified atom stereocenters. The summed E-state index contributed by atoms with van der Waals surface area (Å²) in [6.45, 7) is 5.02. The Kier molecular flexibility index (Phi) is 3.75. The van der Waals surface area contributed by atoms with Crippen LogP contribution >= 0.6 is 0 Å². The van der Waals surface area contributed by atoms with Crippen LogP contribution in [0.5, 0.6) is 0 Å². The van der Waals surface area contributed by atoms with Gasteiger partial charge in [-0.15, -0.1) is 0 Å². The zero-order valence-electron chi connectivity index (χ0n) is 12.0. The minimum absolute atomic E-state index is 0.612. The average molecular weight is 266 g/mol. The molecule has 0 fully saturated rings. The molecule has 1 heterocycles. The maximum atomic E-state index is 5.86. The van der Waals surface area contributed by atoms with E-state index in [0.717, 1.165) is 13.1 Å². The van der Waals surface area contributed by atoms with Crippen molar-refractivity contribution >= 4 is 5.69 Å². The number of hydrogen-bond donors (Lipinski definition) is 1. The summed E-state index contributed by atoms with van der Waals surface area (Å²) in [4.78, 5) is 2.50. The molecule has 2 N–H and O–H groups in total. The summed E-state index contributed by atoms with van der Waals surface area (Å²) in [5.41, 5.74) is 11.3. The fraction of sp³-hybridized carbons (Fsp3) is 0.333. The Hall–Kier alpha value is -1.80. The second-order valence-corrected chi connectivity index (χ2v) is 5.79. The molecule has 104 valence electrons. The van der Waals surface area contributed by atoms with Crippen molar-refractivity contribution in [2.24, 2.45) is 11.7 Å². The van der Waals surface area contributed by atoms with Crippen LogP contribution in [-0.4, -0.2) is 6.54 Å². The van der Waals surface area contributed by atoms with Gasteiger partial charge in [0, 0.05) is 25.3 Å². The summed E-state index contributed by atoms with van der Waals surface area (Å²) >= 11 is 0. The number of benzene rings is 2. The van der Waals surface area contributed by atoms with E-state index < -0.39 is 0 Å². The third-order valence-electron chi connectivity index (χ3n) is 4.13. The molecule has 0 spiro atoms. The summed E-state index contributed by atoms with van der Waals surface area (Å²) in [5.74, 6) is 0.704. The first kappa shape index (κ1) is 13.2. The highest BCUT2D eigenvalue weighted by Crippen LogP contribution is 2.30. The molecular formula is C18H22N2. The first-order valence-electron chi connectivity index (χ1n) is 7.37. The van der Waals surface area contributed by atoms with Crippen LogP contribution in [0, 0.1) is 5.92 Å². The molecule has 0 radical (unpaired) electrons. The van der Waals surface area contributed by atoms with Gasteiger partial charge in [0.2, 0.25) is 0 Å². The molecule has 2 aromatic carbocycles. The number of fused-ring (bicyclic) bond motifs is 1. The first-order valence-corrected chi connectivity index (χ1v) is 7.37. The lowest BCUT2D eigenvalue weighted by Crippen LogP contribution is -2.34. The lowest BCUT2D eigenvalue weighted by atomic mass is 9.93. The summed E-state index contributed by atoms with van der Waals surface area (Å²) in [7, 11) is 0. The maximum absolute atomic E-state index is 5.86. The maximum Gasteiger partial charge on any atom is 0.0432 e. The van der Waals surface area contributed by atoms with E-state index in [1.54, 1.807) is 0 Å². The number of nitrogens with zero attached hydrogens (tertiary/aromatic N) is 1. The molecule has 0 amide bonds. The lowest BCUT2D eigenvalue weighted by molar-refractivity contribution is 0.530. The Morgan fingerprint density at radius 2 is 1.75 bits per heavy atom. The van der Waals surface area contributed by atoms with Crippen LogP contribution in [-0.2, 0) is 19.5 Å². The smallest absolute Gasteiger partial charge is 0.0432 e. The largest absolute Gasteiger partial charge is 0.367 e. The highest BCUT2D eigenvalue weighted by Gasteiger charge is 2.21. The van der Waals surface area contributed by atoms with E-state index in [4.69, 9.17) is 5.73 Å². The van der Waals surface area contributed by atoms with Gasteiger partial charge in [-0.3, -0.25) is 0 Å². The van der Waals surface area contributed by atoms with Crippen LogP contribution in [0.15, 0.2) is 48.5 Å². The number of rotatable bonds is 3. The van der Waals surface area contributed by atoms with E-state index in [1.807, 2.05) is 0 Å². The molecular weight excluding hydrogens is 244 g/mol. The summed E-state index contributed by atoms with van der Waals surface area (Å²) in [6, 6.07) is 17.3. The van der Waals surface area contributed by atoms with Crippen LogP contribution in [0.2, 0.25) is 0 Å². The number of anilines is 1. The summed E-state index contributed by atoms with van der Waals surface area (Å²) in [5, 5.41) is 0. The van der Waals surface area contributed by atoms with Gasteiger partial charge in [-0.05, 0) is 35.1 Å². The molecule has 0 aromatic heterocycles. The molecule has 0 aliphatic carbocycles. The van der Waals surface area contributed by atoms with Crippen molar-refractivity contribution in [3.63, 3.8) is 0 Å². The Bertz CT molecular complexity index is 591. The highest BCUT2D eigenvalue weighted by molar-refractivity contribution is 5.56. The summed E-state index contributed by atoms with van der Waals surface area (Å²) < 4.78 is 0. The minimum Gasteiger partial charge on any atom is -0.367 e. The molecule has 1 aliphatic heterocycles. The zero-order chi connectivity index (χ0) is 13.9. The summed E-state index contributed by atoms with van der Waals surface area (Å²) in [6.07, 6.45) is 1.19. The van der Waals surface area contributed by atoms with E-state index in [0.29, 0.717) is 12.5 Å². The van der Waals surface area contributed by atoms with Crippen molar-refractivity contribution in [3.05, 3.63) is 65.2 Å². The quantitative estimate of drug-likeness (QED) is 0.923. The Balaban J connectivity index is 1.91. The molecule has 20 heavy (non-hydrogen) atoms. The van der Waals surface area contributed by atoms with Crippen LogP contribution in [0.3, 0.4) is 0 Å². The van der Waals surface area contributed by atoms with Crippen LogP contribution in [0.4, 0.5) is 5.69 Å². The molecule has 0 saturated heterocycles. The second-order valence-electron chi connectivity index (χ2n) is 5.79. The van der Waals surface area contributed by atoms with Crippen molar-refractivity contribution in [2.45, 2.75) is 26.4 Å². The van der Waals surface area contributed by atoms with Gasteiger partial charge in [0.05, 0.1) is 0 Å². The number of hydrogen-bond acceptors (Lipinski definition) is 2. The highest BCUT2D eigenvalue weighted by atomic mass is 15.1. The molecule has 0 saturated carbocycles. The van der Waals surface area contributed by atoms with E-state index in [1.165, 1.54) is 28.8 Å². The molecule has 1 atom stereocenters. The second kappa shape index (κ2) is 5.68.